The summed E-state index contributed by atoms with van der Waals surface area (Å²) in [4.78, 5) is 2.33. The molecule has 0 amide bonds. The first kappa shape index (κ1) is 12.9. The van der Waals surface area contributed by atoms with Gasteiger partial charge in [-0.15, -0.1) is 0 Å². The average Bonchev–Trinajstić information content (AvgIpc) is 2.15. The van der Waals surface area contributed by atoms with Crippen molar-refractivity contribution in [2.24, 2.45) is 5.73 Å². The van der Waals surface area contributed by atoms with Crippen molar-refractivity contribution < 1.29 is 9.47 Å². The predicted molar refractivity (Wildman–Crippen MR) is 60.9 cm³/mol. The van der Waals surface area contributed by atoms with Crippen LogP contribution in [0.2, 0.25) is 0 Å². The van der Waals surface area contributed by atoms with Gasteiger partial charge in [-0.05, 0) is 20.8 Å². The van der Waals surface area contributed by atoms with E-state index >= 15 is 0 Å². The van der Waals surface area contributed by atoms with Crippen LogP contribution in [0, 0.1) is 0 Å². The van der Waals surface area contributed by atoms with E-state index in [9.17, 15) is 0 Å². The van der Waals surface area contributed by atoms with E-state index in [1.165, 1.54) is 0 Å². The summed E-state index contributed by atoms with van der Waals surface area (Å²) in [5.41, 5.74) is 5.91. The van der Waals surface area contributed by atoms with Crippen LogP contribution in [0.25, 0.3) is 0 Å². The Kier molecular flexibility index (Phi) is 4.99. The van der Waals surface area contributed by atoms with E-state index < -0.39 is 0 Å². The van der Waals surface area contributed by atoms with Crippen molar-refractivity contribution in [2.45, 2.75) is 32.4 Å². The first-order valence-electron chi connectivity index (χ1n) is 5.67. The minimum atomic E-state index is -0.0946. The molecule has 2 N–H and O–H groups in total. The fourth-order valence-electron chi connectivity index (χ4n) is 1.53. The molecule has 1 aliphatic heterocycles. The molecule has 4 nitrogen and oxygen atoms in total. The zero-order chi connectivity index (χ0) is 11.3. The van der Waals surface area contributed by atoms with Gasteiger partial charge in [-0.3, -0.25) is 4.90 Å². The lowest BCUT2D eigenvalue weighted by Gasteiger charge is -2.30. The van der Waals surface area contributed by atoms with E-state index in [-0.39, 0.29) is 11.6 Å². The molecule has 0 aromatic carbocycles. The van der Waals surface area contributed by atoms with Crippen LogP contribution in [0.15, 0.2) is 0 Å². The highest BCUT2D eigenvalue weighted by molar-refractivity contribution is 4.71. The molecule has 0 saturated carbocycles. The second-order valence-electron chi connectivity index (χ2n) is 5.10. The van der Waals surface area contributed by atoms with Gasteiger partial charge in [0.1, 0.15) is 0 Å². The van der Waals surface area contributed by atoms with E-state index in [0.717, 1.165) is 32.8 Å². The van der Waals surface area contributed by atoms with E-state index in [1.807, 2.05) is 0 Å². The second kappa shape index (κ2) is 5.80. The highest BCUT2D eigenvalue weighted by Crippen LogP contribution is 2.07. The van der Waals surface area contributed by atoms with Gasteiger partial charge < -0.3 is 15.2 Å². The van der Waals surface area contributed by atoms with Gasteiger partial charge in [0.05, 0.1) is 25.4 Å². The third kappa shape index (κ3) is 6.10. The summed E-state index contributed by atoms with van der Waals surface area (Å²) in [6.07, 6.45) is 0. The van der Waals surface area contributed by atoms with E-state index in [2.05, 4.69) is 25.7 Å². The van der Waals surface area contributed by atoms with Crippen LogP contribution >= 0.6 is 0 Å². The molecule has 0 aromatic heterocycles. The molecule has 1 heterocycles. The average molecular weight is 216 g/mol. The largest absolute Gasteiger partial charge is 0.379 e. The van der Waals surface area contributed by atoms with Crippen LogP contribution < -0.4 is 5.73 Å². The van der Waals surface area contributed by atoms with Crippen LogP contribution in [-0.4, -0.2) is 56.0 Å². The molecule has 1 atom stereocenters. The molecule has 0 radical (unpaired) electrons. The molecule has 1 fully saturated rings. The molecular weight excluding hydrogens is 192 g/mol. The van der Waals surface area contributed by atoms with Crippen molar-refractivity contribution in [1.82, 2.24) is 4.90 Å². The fourth-order valence-corrected chi connectivity index (χ4v) is 1.53. The minimum absolute atomic E-state index is 0.0946. The summed E-state index contributed by atoms with van der Waals surface area (Å²) in [5, 5.41) is 0. The lowest BCUT2D eigenvalue weighted by Crippen LogP contribution is -2.46. The lowest BCUT2D eigenvalue weighted by molar-refractivity contribution is -0.0202. The Labute approximate surface area is 92.7 Å². The standard InChI is InChI=1S/C11H24N2O2/c1-11(2,3)15-9-10(12)8-13-4-6-14-7-5-13/h10H,4-9,12H2,1-3H3/t10-/m0/s1. The van der Waals surface area contributed by atoms with Crippen LogP contribution in [0.1, 0.15) is 20.8 Å². The molecular formula is C11H24N2O2. The van der Waals surface area contributed by atoms with Gasteiger partial charge >= 0.3 is 0 Å². The van der Waals surface area contributed by atoms with Gasteiger partial charge in [0.25, 0.3) is 0 Å². The topological polar surface area (TPSA) is 47.7 Å². The normalized spacial score (nSPS) is 21.6. The predicted octanol–water partition coefficient (Wildman–Crippen LogP) is 0.461. The molecule has 90 valence electrons. The molecule has 1 rings (SSSR count). The number of nitrogens with zero attached hydrogens (tertiary/aromatic N) is 1. The summed E-state index contributed by atoms with van der Waals surface area (Å²) >= 11 is 0. The van der Waals surface area contributed by atoms with Crippen molar-refractivity contribution in [2.75, 3.05) is 39.5 Å². The Morgan fingerprint density at radius 2 is 1.93 bits per heavy atom. The number of nitrogens with two attached hydrogens (primary N) is 1. The Balaban J connectivity index is 2.14. The third-order valence-electron chi connectivity index (χ3n) is 2.33. The van der Waals surface area contributed by atoms with E-state index in [0.29, 0.717) is 6.61 Å². The quantitative estimate of drug-likeness (QED) is 0.742. The zero-order valence-electron chi connectivity index (χ0n) is 10.2. The first-order chi connectivity index (χ1) is 6.97. The highest BCUT2D eigenvalue weighted by atomic mass is 16.5. The van der Waals surface area contributed by atoms with Gasteiger partial charge in [-0.2, -0.15) is 0 Å². The first-order valence-corrected chi connectivity index (χ1v) is 5.67. The molecule has 0 bridgehead atoms. The molecule has 1 aliphatic rings. The minimum Gasteiger partial charge on any atom is -0.379 e. The molecule has 0 unspecified atom stereocenters. The number of hydrogen-bond donors (Lipinski definition) is 1. The number of ether oxygens (including phenoxy) is 2. The Morgan fingerprint density at radius 1 is 1.33 bits per heavy atom. The summed E-state index contributed by atoms with van der Waals surface area (Å²) in [6.45, 7) is 11.3. The molecule has 1 saturated heterocycles. The lowest BCUT2D eigenvalue weighted by atomic mass is 10.2. The molecule has 0 aliphatic carbocycles. The van der Waals surface area contributed by atoms with Crippen molar-refractivity contribution in [3.63, 3.8) is 0 Å². The summed E-state index contributed by atoms with van der Waals surface area (Å²) < 4.78 is 10.9. The number of rotatable bonds is 4. The monoisotopic (exact) mass is 216 g/mol. The highest BCUT2D eigenvalue weighted by Gasteiger charge is 2.16. The maximum atomic E-state index is 6.00. The van der Waals surface area contributed by atoms with E-state index in [4.69, 9.17) is 15.2 Å². The second-order valence-corrected chi connectivity index (χ2v) is 5.10. The Morgan fingerprint density at radius 3 is 2.47 bits per heavy atom. The zero-order valence-corrected chi connectivity index (χ0v) is 10.2. The molecule has 4 heteroatoms. The van der Waals surface area contributed by atoms with Gasteiger partial charge in [0.2, 0.25) is 0 Å². The Hall–Kier alpha value is -0.160. The summed E-state index contributed by atoms with van der Waals surface area (Å²) in [5.74, 6) is 0. The maximum absolute atomic E-state index is 6.00. The van der Waals surface area contributed by atoms with Crippen LogP contribution in [0.4, 0.5) is 0 Å². The smallest absolute Gasteiger partial charge is 0.0637 e. The summed E-state index contributed by atoms with van der Waals surface area (Å²) in [7, 11) is 0. The van der Waals surface area contributed by atoms with Crippen molar-refractivity contribution in [1.29, 1.82) is 0 Å². The van der Waals surface area contributed by atoms with E-state index in [1.54, 1.807) is 0 Å². The van der Waals surface area contributed by atoms with Gasteiger partial charge in [0, 0.05) is 25.7 Å². The van der Waals surface area contributed by atoms with Gasteiger partial charge in [0.15, 0.2) is 0 Å². The molecule has 0 aromatic rings. The molecule has 0 spiro atoms. The van der Waals surface area contributed by atoms with Crippen LogP contribution in [0.3, 0.4) is 0 Å². The van der Waals surface area contributed by atoms with Crippen molar-refractivity contribution >= 4 is 0 Å². The number of hydrogen-bond acceptors (Lipinski definition) is 4. The summed E-state index contributed by atoms with van der Waals surface area (Å²) in [6, 6.07) is 0.0994. The van der Waals surface area contributed by atoms with Gasteiger partial charge in [-0.1, -0.05) is 0 Å². The number of morpholine rings is 1. The Bertz CT molecular complexity index is 174. The van der Waals surface area contributed by atoms with Gasteiger partial charge in [-0.25, -0.2) is 0 Å². The fraction of sp³-hybridized carbons (Fsp3) is 1.00. The van der Waals surface area contributed by atoms with Crippen molar-refractivity contribution in [3.8, 4) is 0 Å². The third-order valence-corrected chi connectivity index (χ3v) is 2.33. The SMILES string of the molecule is CC(C)(C)OC[C@@H](N)CN1CCOCC1. The van der Waals surface area contributed by atoms with Crippen LogP contribution in [-0.2, 0) is 9.47 Å². The van der Waals surface area contributed by atoms with Crippen LogP contribution in [0.5, 0.6) is 0 Å². The maximum Gasteiger partial charge on any atom is 0.0637 e. The van der Waals surface area contributed by atoms with Crippen molar-refractivity contribution in [3.05, 3.63) is 0 Å². The molecule has 15 heavy (non-hydrogen) atoms.